The van der Waals surface area contributed by atoms with Gasteiger partial charge in [0.15, 0.2) is 0 Å². The van der Waals surface area contributed by atoms with Crippen molar-refractivity contribution in [1.29, 1.82) is 0 Å². The lowest BCUT2D eigenvalue weighted by molar-refractivity contribution is 0.172. The minimum absolute atomic E-state index is 0.537. The van der Waals surface area contributed by atoms with E-state index < -0.39 is 18.5 Å². The molecule has 3 atom stereocenters. The Morgan fingerprint density at radius 1 is 1.56 bits per heavy atom. The van der Waals surface area contributed by atoms with E-state index in [0.717, 1.165) is 12.0 Å². The molecule has 4 nitrogen and oxygen atoms in total. The number of hydrogen-bond donors (Lipinski definition) is 4. The minimum Gasteiger partial charge on any atom is -0.378 e. The summed E-state index contributed by atoms with van der Waals surface area (Å²) in [7, 11) is 0. The Balaban J connectivity index is 3.16. The van der Waals surface area contributed by atoms with Crippen LogP contribution in [0.5, 0.6) is 0 Å². The van der Waals surface area contributed by atoms with E-state index in [-0.39, 0.29) is 0 Å². The van der Waals surface area contributed by atoms with Crippen LogP contribution in [-0.4, -0.2) is 16.2 Å². The molecule has 0 aliphatic carbocycles. The quantitative estimate of drug-likeness (QED) is 0.377. The zero-order valence-corrected chi connectivity index (χ0v) is 10.7. The molecule has 0 fully saturated rings. The van der Waals surface area contributed by atoms with Gasteiger partial charge in [-0.1, -0.05) is 43.4 Å². The summed E-state index contributed by atoms with van der Waals surface area (Å²) in [6.07, 6.45) is -0.593. The Kier molecular flexibility index (Phi) is 4.59. The van der Waals surface area contributed by atoms with Crippen LogP contribution in [0.15, 0.2) is 24.3 Å². The number of benzene rings is 1. The van der Waals surface area contributed by atoms with E-state index in [1.807, 2.05) is 13.0 Å². The first kappa shape index (κ1) is 13.7. The number of hydrogen-bond acceptors (Lipinski definition) is 3. The van der Waals surface area contributed by atoms with Gasteiger partial charge in [-0.2, -0.15) is 0 Å². The number of rotatable bonds is 4. The third-order valence-corrected chi connectivity index (χ3v) is 4.46. The normalized spacial score (nSPS) is 18.8. The third-order valence-electron chi connectivity index (χ3n) is 2.39. The number of thiol groups is 1. The lowest BCUT2D eigenvalue weighted by atomic mass is 10.1. The Hall–Kier alpha value is -0.320. The van der Waals surface area contributed by atoms with Gasteiger partial charge in [0.25, 0.3) is 6.57 Å². The summed E-state index contributed by atoms with van der Waals surface area (Å²) in [4.78, 5) is 9.44. The van der Waals surface area contributed by atoms with E-state index in [1.54, 1.807) is 18.2 Å². The molecule has 3 unspecified atom stereocenters. The van der Waals surface area contributed by atoms with E-state index in [0.29, 0.717) is 5.56 Å². The van der Waals surface area contributed by atoms with Gasteiger partial charge in [-0.05, 0) is 17.5 Å². The van der Waals surface area contributed by atoms with E-state index in [2.05, 4.69) is 12.2 Å². The van der Waals surface area contributed by atoms with Gasteiger partial charge in [-0.25, -0.2) is 0 Å². The maximum Gasteiger partial charge on any atom is 0.263 e. The lowest BCUT2D eigenvalue weighted by Gasteiger charge is -2.22. The first-order chi connectivity index (χ1) is 7.36. The van der Waals surface area contributed by atoms with Crippen LogP contribution in [0.2, 0.25) is 0 Å². The van der Waals surface area contributed by atoms with Crippen molar-refractivity contribution in [1.82, 2.24) is 0 Å². The first-order valence-electron chi connectivity index (χ1n) is 4.94. The molecule has 0 aliphatic heterocycles. The standard InChI is InChI=1S/C10H16NO3PS/c1-2-7-4-3-5-8(6-7)9(10(11)12)15(13,14)16/h3-6,9-10,12H,2,11H2,1H3,(H2,13,14,16). The molecule has 0 aromatic heterocycles. The maximum absolute atomic E-state index is 11.5. The Morgan fingerprint density at radius 2 is 2.19 bits per heavy atom. The molecule has 0 spiro atoms. The summed E-state index contributed by atoms with van der Waals surface area (Å²) < 4.78 is 11.5. The topological polar surface area (TPSA) is 83.5 Å². The fourth-order valence-corrected chi connectivity index (χ4v) is 3.34. The molecule has 16 heavy (non-hydrogen) atoms. The first-order valence-corrected chi connectivity index (χ1v) is 7.82. The van der Waals surface area contributed by atoms with Gasteiger partial charge < -0.3 is 15.7 Å². The van der Waals surface area contributed by atoms with Gasteiger partial charge in [-0.15, -0.1) is 0 Å². The molecule has 0 radical (unpaired) electrons. The predicted molar refractivity (Wildman–Crippen MR) is 67.6 cm³/mol. The largest absolute Gasteiger partial charge is 0.378 e. The van der Waals surface area contributed by atoms with Crippen LogP contribution in [0.4, 0.5) is 0 Å². The summed E-state index contributed by atoms with van der Waals surface area (Å²) in [6, 6.07) is 7.11. The molecule has 0 saturated carbocycles. The van der Waals surface area contributed by atoms with Crippen LogP contribution in [0, 0.1) is 0 Å². The van der Waals surface area contributed by atoms with Gasteiger partial charge in [0.2, 0.25) is 0 Å². The van der Waals surface area contributed by atoms with Crippen LogP contribution in [0.25, 0.3) is 0 Å². The summed E-state index contributed by atoms with van der Waals surface area (Å²) in [6.45, 7) is -1.79. The summed E-state index contributed by atoms with van der Waals surface area (Å²) in [5.41, 5.74) is 5.82. The van der Waals surface area contributed by atoms with Crippen molar-refractivity contribution in [2.45, 2.75) is 25.2 Å². The van der Waals surface area contributed by atoms with Crippen LogP contribution in [0.1, 0.15) is 23.7 Å². The highest BCUT2D eigenvalue weighted by Crippen LogP contribution is 2.60. The second-order valence-corrected chi connectivity index (χ2v) is 7.08. The molecule has 0 aliphatic rings. The smallest absolute Gasteiger partial charge is 0.263 e. The van der Waals surface area contributed by atoms with Crippen LogP contribution in [-0.2, 0) is 11.0 Å². The van der Waals surface area contributed by atoms with Gasteiger partial charge in [0.05, 0.1) is 0 Å². The monoisotopic (exact) mass is 261 g/mol. The fourth-order valence-electron chi connectivity index (χ4n) is 1.59. The third kappa shape index (κ3) is 3.34. The zero-order chi connectivity index (χ0) is 12.3. The molecule has 0 bridgehead atoms. The minimum atomic E-state index is -3.76. The van der Waals surface area contributed by atoms with E-state index in [4.69, 9.17) is 5.73 Å². The van der Waals surface area contributed by atoms with Crippen LogP contribution >= 0.6 is 18.8 Å². The maximum atomic E-state index is 11.5. The Morgan fingerprint density at radius 3 is 2.62 bits per heavy atom. The summed E-state index contributed by atoms with van der Waals surface area (Å²) >= 11 is 3.64. The number of aryl methyl sites for hydroxylation is 1. The Labute approximate surface area is 100 Å². The molecule has 1 rings (SSSR count). The van der Waals surface area contributed by atoms with Crippen LogP contribution in [0.3, 0.4) is 0 Å². The zero-order valence-electron chi connectivity index (χ0n) is 8.95. The molecular weight excluding hydrogens is 245 g/mol. The SMILES string of the molecule is CCc1cccc(C(C(N)O)P(=O)(O)S)c1. The lowest BCUT2D eigenvalue weighted by Crippen LogP contribution is -2.27. The van der Waals surface area contributed by atoms with Gasteiger partial charge in [-0.3, -0.25) is 4.57 Å². The van der Waals surface area contributed by atoms with E-state index in [9.17, 15) is 14.6 Å². The Bertz CT molecular complexity index is 405. The van der Waals surface area contributed by atoms with Crippen molar-refractivity contribution < 1.29 is 14.6 Å². The molecule has 0 heterocycles. The average Bonchev–Trinajstić information content (AvgIpc) is 2.15. The highest BCUT2D eigenvalue weighted by atomic mass is 32.7. The second-order valence-electron chi connectivity index (χ2n) is 3.62. The molecule has 1 aromatic carbocycles. The van der Waals surface area contributed by atoms with Gasteiger partial charge >= 0.3 is 0 Å². The molecule has 1 aromatic rings. The molecule has 6 heteroatoms. The highest BCUT2D eigenvalue weighted by Gasteiger charge is 2.33. The van der Waals surface area contributed by atoms with Crippen molar-refractivity contribution in [2.24, 2.45) is 5.73 Å². The summed E-state index contributed by atoms with van der Waals surface area (Å²) in [5, 5.41) is 9.36. The van der Waals surface area contributed by atoms with Crippen molar-refractivity contribution in [3.63, 3.8) is 0 Å². The average molecular weight is 261 g/mol. The fraction of sp³-hybridized carbons (Fsp3) is 0.400. The summed E-state index contributed by atoms with van der Waals surface area (Å²) in [5.74, 6) is 0. The highest BCUT2D eigenvalue weighted by molar-refractivity contribution is 8.46. The van der Waals surface area contributed by atoms with Crippen molar-refractivity contribution >= 4 is 18.8 Å². The number of aliphatic hydroxyl groups excluding tert-OH is 1. The van der Waals surface area contributed by atoms with E-state index >= 15 is 0 Å². The molecule has 90 valence electrons. The van der Waals surface area contributed by atoms with Crippen molar-refractivity contribution in [3.8, 4) is 0 Å². The second kappa shape index (κ2) is 5.34. The number of aliphatic hydroxyl groups is 1. The number of nitrogens with two attached hydrogens (primary N) is 1. The van der Waals surface area contributed by atoms with Crippen LogP contribution < -0.4 is 5.73 Å². The van der Waals surface area contributed by atoms with Crippen molar-refractivity contribution in [3.05, 3.63) is 35.4 Å². The molecule has 4 N–H and O–H groups in total. The van der Waals surface area contributed by atoms with E-state index in [1.165, 1.54) is 0 Å². The molecular formula is C10H16NO3PS. The van der Waals surface area contributed by atoms with Gasteiger partial charge in [0, 0.05) is 0 Å². The molecule has 0 saturated heterocycles. The molecule has 0 amide bonds. The van der Waals surface area contributed by atoms with Crippen molar-refractivity contribution in [2.75, 3.05) is 0 Å². The van der Waals surface area contributed by atoms with Gasteiger partial charge in [0.1, 0.15) is 11.9 Å². The predicted octanol–water partition coefficient (Wildman–Crippen LogP) is 1.68.